The minimum atomic E-state index is -0.247. The van der Waals surface area contributed by atoms with Crippen LogP contribution in [0.2, 0.25) is 0 Å². The lowest BCUT2D eigenvalue weighted by Gasteiger charge is -2.38. The first-order valence-electron chi connectivity index (χ1n) is 12.7. The Morgan fingerprint density at radius 3 is 2.53 bits per heavy atom. The monoisotopic (exact) mass is 486 g/mol. The molecule has 1 amide bonds. The van der Waals surface area contributed by atoms with Crippen LogP contribution in [0, 0.1) is 0 Å². The molecule has 0 saturated carbocycles. The molecule has 6 heteroatoms. The summed E-state index contributed by atoms with van der Waals surface area (Å²) in [5, 5.41) is 3.26. The van der Waals surface area contributed by atoms with E-state index in [1.165, 1.54) is 5.56 Å². The Labute approximate surface area is 213 Å². The molecule has 0 aromatic heterocycles. The van der Waals surface area contributed by atoms with E-state index in [2.05, 4.69) is 40.5 Å². The maximum atomic E-state index is 13.3. The Bertz CT molecular complexity index is 1160. The van der Waals surface area contributed by atoms with Crippen LogP contribution in [0.25, 0.3) is 0 Å². The fourth-order valence-electron chi connectivity index (χ4n) is 5.34. The van der Waals surface area contributed by atoms with Crippen molar-refractivity contribution in [2.24, 2.45) is 0 Å². The van der Waals surface area contributed by atoms with Crippen molar-refractivity contribution in [1.82, 2.24) is 10.2 Å². The van der Waals surface area contributed by atoms with Gasteiger partial charge in [-0.25, -0.2) is 0 Å². The number of benzene rings is 3. The van der Waals surface area contributed by atoms with Crippen molar-refractivity contribution in [1.29, 1.82) is 0 Å². The highest BCUT2D eigenvalue weighted by Gasteiger charge is 2.35. The molecule has 1 fully saturated rings. The molecule has 36 heavy (non-hydrogen) atoms. The molecule has 3 aromatic carbocycles. The summed E-state index contributed by atoms with van der Waals surface area (Å²) >= 11 is 0. The largest absolute Gasteiger partial charge is 0.496 e. The van der Waals surface area contributed by atoms with Crippen LogP contribution in [0.5, 0.6) is 11.5 Å². The quantitative estimate of drug-likeness (QED) is 0.533. The maximum Gasteiger partial charge on any atom is 0.234 e. The van der Waals surface area contributed by atoms with Crippen LogP contribution in [0.3, 0.4) is 0 Å². The number of hydrogen-bond acceptors (Lipinski definition) is 5. The van der Waals surface area contributed by atoms with E-state index in [1.54, 1.807) is 7.11 Å². The number of rotatable bonds is 7. The Kier molecular flexibility index (Phi) is 7.54. The summed E-state index contributed by atoms with van der Waals surface area (Å²) in [4.78, 5) is 15.4. The van der Waals surface area contributed by atoms with E-state index in [4.69, 9.17) is 14.2 Å². The molecule has 2 aliphatic heterocycles. The Morgan fingerprint density at radius 2 is 1.72 bits per heavy atom. The van der Waals surface area contributed by atoms with Gasteiger partial charge >= 0.3 is 0 Å². The van der Waals surface area contributed by atoms with Gasteiger partial charge in [0, 0.05) is 49.4 Å². The highest BCUT2D eigenvalue weighted by atomic mass is 16.5. The van der Waals surface area contributed by atoms with Gasteiger partial charge in [0.25, 0.3) is 0 Å². The van der Waals surface area contributed by atoms with Gasteiger partial charge in [-0.2, -0.15) is 0 Å². The summed E-state index contributed by atoms with van der Waals surface area (Å²) in [6, 6.07) is 26.5. The van der Waals surface area contributed by atoms with Crippen molar-refractivity contribution in [3.63, 3.8) is 0 Å². The molecule has 0 aliphatic carbocycles. The van der Waals surface area contributed by atoms with Crippen LogP contribution in [0.1, 0.15) is 35.6 Å². The van der Waals surface area contributed by atoms with E-state index < -0.39 is 0 Å². The van der Waals surface area contributed by atoms with E-state index in [0.29, 0.717) is 39.4 Å². The lowest BCUT2D eigenvalue weighted by Crippen LogP contribution is -2.47. The molecule has 5 rings (SSSR count). The first-order valence-corrected chi connectivity index (χ1v) is 12.7. The van der Waals surface area contributed by atoms with Crippen molar-refractivity contribution in [2.75, 3.05) is 40.0 Å². The third-order valence-electron chi connectivity index (χ3n) is 7.37. The molecule has 0 spiro atoms. The van der Waals surface area contributed by atoms with Crippen LogP contribution in [0.4, 0.5) is 0 Å². The number of nitrogens with one attached hydrogen (secondary N) is 1. The van der Waals surface area contributed by atoms with Crippen LogP contribution in [-0.4, -0.2) is 50.8 Å². The van der Waals surface area contributed by atoms with Gasteiger partial charge in [-0.15, -0.1) is 0 Å². The van der Waals surface area contributed by atoms with E-state index in [-0.39, 0.29) is 17.4 Å². The van der Waals surface area contributed by atoms with E-state index in [0.717, 1.165) is 35.5 Å². The second kappa shape index (κ2) is 11.1. The summed E-state index contributed by atoms with van der Waals surface area (Å²) in [6.07, 6.45) is 1.56. The molecule has 1 atom stereocenters. The zero-order chi connectivity index (χ0) is 24.8. The van der Waals surface area contributed by atoms with Gasteiger partial charge in [-0.1, -0.05) is 66.7 Å². The predicted molar refractivity (Wildman–Crippen MR) is 139 cm³/mol. The fourth-order valence-corrected chi connectivity index (χ4v) is 5.34. The highest BCUT2D eigenvalue weighted by Crippen LogP contribution is 2.36. The van der Waals surface area contributed by atoms with Gasteiger partial charge in [-0.3, -0.25) is 9.69 Å². The van der Waals surface area contributed by atoms with Crippen molar-refractivity contribution in [2.45, 2.75) is 30.9 Å². The maximum absolute atomic E-state index is 13.3. The number of methoxy groups -OCH3 is 1. The molecule has 3 aromatic rings. The van der Waals surface area contributed by atoms with Crippen LogP contribution < -0.4 is 14.8 Å². The second-order valence-corrected chi connectivity index (χ2v) is 9.66. The molecule has 1 saturated heterocycles. The number of amides is 1. The number of fused-ring (bicyclic) bond motifs is 1. The molecule has 1 unspecified atom stereocenters. The molecular weight excluding hydrogens is 452 g/mol. The van der Waals surface area contributed by atoms with Crippen LogP contribution >= 0.6 is 0 Å². The smallest absolute Gasteiger partial charge is 0.234 e. The van der Waals surface area contributed by atoms with Gasteiger partial charge in [0.2, 0.25) is 5.91 Å². The molecule has 2 heterocycles. The van der Waals surface area contributed by atoms with E-state index in [1.807, 2.05) is 48.5 Å². The number of nitrogens with zero attached hydrogens (tertiary/aromatic N) is 1. The van der Waals surface area contributed by atoms with Gasteiger partial charge in [0.1, 0.15) is 17.6 Å². The number of ether oxygens (including phenoxy) is 3. The lowest BCUT2D eigenvalue weighted by molar-refractivity contribution is -0.123. The minimum Gasteiger partial charge on any atom is -0.496 e. The summed E-state index contributed by atoms with van der Waals surface area (Å²) in [7, 11) is 1.67. The SMILES string of the molecule is COc1ccccc1C1CN(CC(=O)NCC2(c3ccccc3)CCOCC2)Cc2ccccc2O1. The highest BCUT2D eigenvalue weighted by molar-refractivity contribution is 5.78. The number of carbonyl (C=O) groups is 1. The van der Waals surface area contributed by atoms with Gasteiger partial charge in [-0.05, 0) is 30.5 Å². The van der Waals surface area contributed by atoms with Crippen LogP contribution in [-0.2, 0) is 21.5 Å². The predicted octanol–water partition coefficient (Wildman–Crippen LogP) is 4.50. The Morgan fingerprint density at radius 1 is 1.00 bits per heavy atom. The zero-order valence-corrected chi connectivity index (χ0v) is 20.8. The molecule has 188 valence electrons. The van der Waals surface area contributed by atoms with E-state index >= 15 is 0 Å². The average molecular weight is 487 g/mol. The van der Waals surface area contributed by atoms with Crippen molar-refractivity contribution in [3.8, 4) is 11.5 Å². The molecule has 0 radical (unpaired) electrons. The molecule has 2 aliphatic rings. The third-order valence-corrected chi connectivity index (χ3v) is 7.37. The molecule has 6 nitrogen and oxygen atoms in total. The Balaban J connectivity index is 1.32. The second-order valence-electron chi connectivity index (χ2n) is 9.66. The zero-order valence-electron chi connectivity index (χ0n) is 20.8. The van der Waals surface area contributed by atoms with Gasteiger partial charge in [0.15, 0.2) is 0 Å². The topological polar surface area (TPSA) is 60.0 Å². The first-order chi connectivity index (χ1) is 17.7. The lowest BCUT2D eigenvalue weighted by atomic mass is 9.74. The first kappa shape index (κ1) is 24.3. The average Bonchev–Trinajstić information content (AvgIpc) is 3.12. The number of hydrogen-bond donors (Lipinski definition) is 1. The standard InChI is InChI=1S/C30H34N2O4/c1-34-27-14-8-6-12-25(27)28-20-32(19-23-9-5-7-13-26(23)36-28)21-29(33)31-22-30(15-17-35-18-16-30)24-10-3-2-4-11-24/h2-14,28H,15-22H2,1H3,(H,31,33). The normalized spacial score (nSPS) is 19.4. The summed E-state index contributed by atoms with van der Waals surface area (Å²) < 4.78 is 17.7. The third kappa shape index (κ3) is 5.40. The van der Waals surface area contributed by atoms with Crippen molar-refractivity contribution < 1.29 is 19.0 Å². The van der Waals surface area contributed by atoms with Gasteiger partial charge < -0.3 is 19.5 Å². The van der Waals surface area contributed by atoms with Gasteiger partial charge in [0.05, 0.1) is 13.7 Å². The summed E-state index contributed by atoms with van der Waals surface area (Å²) in [6.45, 7) is 3.56. The number of para-hydroxylation sites is 2. The minimum absolute atomic E-state index is 0.0231. The molecule has 1 N–H and O–H groups in total. The van der Waals surface area contributed by atoms with Crippen molar-refractivity contribution in [3.05, 3.63) is 95.6 Å². The van der Waals surface area contributed by atoms with E-state index in [9.17, 15) is 4.79 Å². The summed E-state index contributed by atoms with van der Waals surface area (Å²) in [5.41, 5.74) is 3.23. The Hall–Kier alpha value is -3.35. The molecular formula is C30H34N2O4. The van der Waals surface area contributed by atoms with Crippen LogP contribution in [0.15, 0.2) is 78.9 Å². The summed E-state index contributed by atoms with van der Waals surface area (Å²) in [5.74, 6) is 1.66. The fraction of sp³-hybridized carbons (Fsp3) is 0.367. The van der Waals surface area contributed by atoms with Crippen molar-refractivity contribution >= 4 is 5.91 Å². The number of carbonyl (C=O) groups excluding carboxylic acids is 1. The molecule has 0 bridgehead atoms.